The topological polar surface area (TPSA) is 44.8 Å². The summed E-state index contributed by atoms with van der Waals surface area (Å²) in [7, 11) is 0. The van der Waals surface area contributed by atoms with Crippen molar-refractivity contribution >= 4 is 5.91 Å². The van der Waals surface area contributed by atoms with Crippen molar-refractivity contribution in [2.24, 2.45) is 0 Å². The second-order valence-corrected chi connectivity index (χ2v) is 8.33. The van der Waals surface area contributed by atoms with Crippen LogP contribution in [0.4, 0.5) is 0 Å². The number of nitrogens with one attached hydrogen (secondary N) is 1. The van der Waals surface area contributed by atoms with E-state index in [-0.39, 0.29) is 18.1 Å². The Morgan fingerprint density at radius 1 is 1.07 bits per heavy atom. The highest BCUT2D eigenvalue weighted by atomic mass is 16.5. The van der Waals surface area contributed by atoms with E-state index in [2.05, 4.69) is 58.4 Å². The molecule has 0 unspecified atom stereocenters. The summed E-state index contributed by atoms with van der Waals surface area (Å²) in [5.74, 6) is 1.05. The van der Waals surface area contributed by atoms with Crippen molar-refractivity contribution < 1.29 is 9.53 Å². The van der Waals surface area contributed by atoms with Gasteiger partial charge >= 0.3 is 0 Å². The van der Waals surface area contributed by atoms with Crippen LogP contribution in [0.2, 0.25) is 0 Å². The molecule has 2 aliphatic heterocycles. The maximum absolute atomic E-state index is 12.8. The van der Waals surface area contributed by atoms with Gasteiger partial charge in [-0.15, -0.1) is 0 Å². The van der Waals surface area contributed by atoms with Gasteiger partial charge in [0.1, 0.15) is 11.9 Å². The Hall–Kier alpha value is -2.37. The smallest absolute Gasteiger partial charge is 0.234 e. The molecule has 2 atom stereocenters. The number of nitrogens with zero attached hydrogens (tertiary/aromatic N) is 2. The van der Waals surface area contributed by atoms with Gasteiger partial charge in [0.15, 0.2) is 0 Å². The molecule has 0 aromatic heterocycles. The molecule has 1 fully saturated rings. The molecule has 0 spiro atoms. The third-order valence-electron chi connectivity index (χ3n) is 5.70. The Morgan fingerprint density at radius 3 is 2.72 bits per heavy atom. The van der Waals surface area contributed by atoms with Gasteiger partial charge in [0, 0.05) is 37.8 Å². The maximum atomic E-state index is 12.8. The number of rotatable bonds is 5. The van der Waals surface area contributed by atoms with Crippen molar-refractivity contribution in [3.63, 3.8) is 0 Å². The molecule has 1 saturated heterocycles. The van der Waals surface area contributed by atoms with E-state index in [1.807, 2.05) is 18.2 Å². The highest BCUT2D eigenvalue weighted by Crippen LogP contribution is 2.24. The molecule has 0 bridgehead atoms. The quantitative estimate of drug-likeness (QED) is 0.848. The molecule has 2 aromatic carbocycles. The highest BCUT2D eigenvalue weighted by Gasteiger charge is 2.25. The van der Waals surface area contributed by atoms with E-state index in [9.17, 15) is 4.79 Å². The zero-order chi connectivity index (χ0) is 20.1. The number of carbonyl (C=O) groups is 1. The zero-order valence-electron chi connectivity index (χ0n) is 17.2. The van der Waals surface area contributed by atoms with Gasteiger partial charge in [-0.3, -0.25) is 14.6 Å². The van der Waals surface area contributed by atoms with Crippen molar-refractivity contribution in [3.05, 3.63) is 65.7 Å². The molecular weight excluding hydrogens is 362 g/mol. The Kier molecular flexibility index (Phi) is 6.47. The molecule has 154 valence electrons. The van der Waals surface area contributed by atoms with E-state index in [0.717, 1.165) is 56.9 Å². The van der Waals surface area contributed by atoms with Crippen LogP contribution in [-0.4, -0.2) is 54.0 Å². The lowest BCUT2D eigenvalue weighted by Crippen LogP contribution is -2.50. The maximum Gasteiger partial charge on any atom is 0.234 e. The molecular formula is C24H31N3O2. The number of benzene rings is 2. The highest BCUT2D eigenvalue weighted by molar-refractivity contribution is 5.78. The minimum absolute atomic E-state index is 0.0718. The molecule has 0 aliphatic carbocycles. The van der Waals surface area contributed by atoms with Crippen LogP contribution in [0.5, 0.6) is 5.75 Å². The van der Waals surface area contributed by atoms with Crippen LogP contribution in [0.15, 0.2) is 54.6 Å². The lowest BCUT2D eigenvalue weighted by Gasteiger charge is -2.33. The van der Waals surface area contributed by atoms with E-state index in [1.165, 1.54) is 5.56 Å². The Morgan fingerprint density at radius 2 is 1.86 bits per heavy atom. The number of piperidine rings is 1. The van der Waals surface area contributed by atoms with Crippen LogP contribution in [0.3, 0.4) is 0 Å². The number of hydrogen-bond donors (Lipinski definition) is 1. The van der Waals surface area contributed by atoms with Gasteiger partial charge in [-0.25, -0.2) is 0 Å². The molecule has 0 saturated carbocycles. The third-order valence-corrected chi connectivity index (χ3v) is 5.70. The first-order valence-electron chi connectivity index (χ1n) is 10.7. The standard InChI is InChI=1S/C24H31N3O2/c1-19-14-27(16-21-10-5-6-12-23(21)29-19)18-24(28)25-22-11-7-13-26(17-22)15-20-8-3-2-4-9-20/h2-6,8-10,12,19,22H,7,11,13-18H2,1H3,(H,25,28)/t19-,22-/m1/s1. The monoisotopic (exact) mass is 393 g/mol. The third kappa shape index (κ3) is 5.58. The first kappa shape index (κ1) is 19.9. The van der Waals surface area contributed by atoms with E-state index < -0.39 is 0 Å². The first-order valence-corrected chi connectivity index (χ1v) is 10.7. The lowest BCUT2D eigenvalue weighted by atomic mass is 10.0. The molecule has 1 amide bonds. The molecule has 5 nitrogen and oxygen atoms in total. The normalized spacial score (nSPS) is 22.9. The first-order chi connectivity index (χ1) is 14.2. The second kappa shape index (κ2) is 9.42. The number of ether oxygens (including phenoxy) is 1. The van der Waals surface area contributed by atoms with Gasteiger partial charge in [0.05, 0.1) is 6.54 Å². The number of fused-ring (bicyclic) bond motifs is 1. The van der Waals surface area contributed by atoms with Crippen molar-refractivity contribution in [3.8, 4) is 5.75 Å². The summed E-state index contributed by atoms with van der Waals surface area (Å²) >= 11 is 0. The summed E-state index contributed by atoms with van der Waals surface area (Å²) in [5.41, 5.74) is 2.48. The number of amides is 1. The molecule has 2 aliphatic rings. The van der Waals surface area contributed by atoms with Crippen molar-refractivity contribution in [1.29, 1.82) is 0 Å². The fourth-order valence-corrected chi connectivity index (χ4v) is 4.43. The average molecular weight is 394 g/mol. The molecule has 29 heavy (non-hydrogen) atoms. The van der Waals surface area contributed by atoms with Crippen LogP contribution in [0.1, 0.15) is 30.9 Å². The number of carbonyl (C=O) groups excluding carboxylic acids is 1. The molecule has 1 N–H and O–H groups in total. The van der Waals surface area contributed by atoms with E-state index in [4.69, 9.17) is 4.74 Å². The average Bonchev–Trinajstić information content (AvgIpc) is 2.86. The SMILES string of the molecule is C[C@@H]1CN(CC(=O)N[C@@H]2CCCN(Cc3ccccc3)C2)Cc2ccccc2O1. The van der Waals surface area contributed by atoms with Crippen LogP contribution in [-0.2, 0) is 17.9 Å². The zero-order valence-corrected chi connectivity index (χ0v) is 17.2. The van der Waals surface area contributed by atoms with Crippen molar-refractivity contribution in [2.75, 3.05) is 26.2 Å². The number of likely N-dealkylation sites (tertiary alicyclic amines) is 1. The van der Waals surface area contributed by atoms with Crippen LogP contribution >= 0.6 is 0 Å². The minimum atomic E-state index is 0.0718. The van der Waals surface area contributed by atoms with Crippen LogP contribution in [0, 0.1) is 0 Å². The second-order valence-electron chi connectivity index (χ2n) is 8.33. The fourth-order valence-electron chi connectivity index (χ4n) is 4.43. The summed E-state index contributed by atoms with van der Waals surface area (Å²) in [4.78, 5) is 17.4. The number of hydrogen-bond acceptors (Lipinski definition) is 4. The van der Waals surface area contributed by atoms with E-state index in [1.54, 1.807) is 0 Å². The summed E-state index contributed by atoms with van der Waals surface area (Å²) in [6.07, 6.45) is 2.25. The molecule has 4 rings (SSSR count). The molecule has 0 radical (unpaired) electrons. The predicted octanol–water partition coefficient (Wildman–Crippen LogP) is 3.05. The van der Waals surface area contributed by atoms with Gasteiger partial charge in [-0.05, 0) is 37.9 Å². The summed E-state index contributed by atoms with van der Waals surface area (Å²) in [6, 6.07) is 18.9. The Balaban J connectivity index is 1.30. The van der Waals surface area contributed by atoms with E-state index in [0.29, 0.717) is 6.54 Å². The van der Waals surface area contributed by atoms with E-state index >= 15 is 0 Å². The lowest BCUT2D eigenvalue weighted by molar-refractivity contribution is -0.123. The summed E-state index contributed by atoms with van der Waals surface area (Å²) in [5, 5.41) is 3.28. The van der Waals surface area contributed by atoms with Gasteiger partial charge in [-0.1, -0.05) is 48.5 Å². The minimum Gasteiger partial charge on any atom is -0.489 e. The Bertz CT molecular complexity index is 811. The van der Waals surface area contributed by atoms with Crippen LogP contribution < -0.4 is 10.1 Å². The van der Waals surface area contributed by atoms with Gasteiger partial charge < -0.3 is 10.1 Å². The summed E-state index contributed by atoms with van der Waals surface area (Å²) < 4.78 is 6.01. The Labute approximate surface area is 173 Å². The molecule has 2 aromatic rings. The fraction of sp³-hybridized carbons (Fsp3) is 0.458. The molecule has 5 heteroatoms. The predicted molar refractivity (Wildman–Crippen MR) is 115 cm³/mol. The van der Waals surface area contributed by atoms with Gasteiger partial charge in [0.25, 0.3) is 0 Å². The number of para-hydroxylation sites is 1. The van der Waals surface area contributed by atoms with Gasteiger partial charge in [0.2, 0.25) is 5.91 Å². The summed E-state index contributed by atoms with van der Waals surface area (Å²) in [6.45, 7) is 6.95. The largest absolute Gasteiger partial charge is 0.489 e. The van der Waals surface area contributed by atoms with Crippen LogP contribution in [0.25, 0.3) is 0 Å². The molecule has 2 heterocycles. The van der Waals surface area contributed by atoms with Crippen molar-refractivity contribution in [2.45, 2.75) is 45.0 Å². The van der Waals surface area contributed by atoms with Gasteiger partial charge in [-0.2, -0.15) is 0 Å². The van der Waals surface area contributed by atoms with Crippen molar-refractivity contribution in [1.82, 2.24) is 15.1 Å².